The zero-order valence-electron chi connectivity index (χ0n) is 14.0. The number of nitrogens with zero attached hydrogens (tertiary/aromatic N) is 2. The molecule has 27 heavy (non-hydrogen) atoms. The Kier molecular flexibility index (Phi) is 5.80. The van der Waals surface area contributed by atoms with Crippen molar-refractivity contribution < 1.29 is 23.1 Å². The molecule has 1 saturated heterocycles. The summed E-state index contributed by atoms with van der Waals surface area (Å²) in [6.45, 7) is -0.153. The average Bonchev–Trinajstić information content (AvgIpc) is 3.04. The van der Waals surface area contributed by atoms with Crippen molar-refractivity contribution >= 4 is 44.8 Å². The highest BCUT2D eigenvalue weighted by molar-refractivity contribution is 7.89. The van der Waals surface area contributed by atoms with Crippen LogP contribution in [-0.4, -0.2) is 54.4 Å². The molecule has 0 bridgehead atoms. The lowest BCUT2D eigenvalue weighted by Gasteiger charge is -2.31. The number of amides is 1. The van der Waals surface area contributed by atoms with Crippen molar-refractivity contribution in [3.8, 4) is 10.6 Å². The van der Waals surface area contributed by atoms with E-state index >= 15 is 0 Å². The van der Waals surface area contributed by atoms with Crippen LogP contribution in [0.5, 0.6) is 0 Å². The van der Waals surface area contributed by atoms with E-state index in [0.717, 1.165) is 9.78 Å². The molecule has 0 aromatic carbocycles. The van der Waals surface area contributed by atoms with E-state index in [1.807, 2.05) is 0 Å². The first kappa shape index (κ1) is 19.7. The Morgan fingerprint density at radius 2 is 2.15 bits per heavy atom. The number of carbonyl (C=O) groups is 2. The Morgan fingerprint density at radius 3 is 2.74 bits per heavy atom. The minimum atomic E-state index is -3.97. The summed E-state index contributed by atoms with van der Waals surface area (Å²) in [4.78, 5) is 29.2. The summed E-state index contributed by atoms with van der Waals surface area (Å²) < 4.78 is 28.1. The Labute approximate surface area is 164 Å². The number of aromatic nitrogens is 1. The number of aliphatic carboxylic acids is 1. The van der Waals surface area contributed by atoms with Gasteiger partial charge in [-0.05, 0) is 37.1 Å². The fraction of sp³-hybridized carbons (Fsp3) is 0.312. The van der Waals surface area contributed by atoms with Crippen molar-refractivity contribution in [2.24, 2.45) is 0 Å². The maximum atomic E-state index is 12.6. The highest BCUT2D eigenvalue weighted by Crippen LogP contribution is 2.30. The van der Waals surface area contributed by atoms with Crippen molar-refractivity contribution in [3.05, 3.63) is 34.8 Å². The molecule has 1 aliphatic heterocycles. The maximum absolute atomic E-state index is 12.6. The van der Waals surface area contributed by atoms with Gasteiger partial charge in [0.05, 0.1) is 14.9 Å². The van der Waals surface area contributed by atoms with Gasteiger partial charge in [0.15, 0.2) is 0 Å². The Bertz CT molecular complexity index is 959. The van der Waals surface area contributed by atoms with Gasteiger partial charge in [-0.1, -0.05) is 11.6 Å². The van der Waals surface area contributed by atoms with Crippen molar-refractivity contribution in [3.63, 3.8) is 0 Å². The van der Waals surface area contributed by atoms with Gasteiger partial charge in [0.1, 0.15) is 17.5 Å². The molecule has 2 aromatic heterocycles. The van der Waals surface area contributed by atoms with Crippen LogP contribution >= 0.6 is 22.9 Å². The predicted molar refractivity (Wildman–Crippen MR) is 100 cm³/mol. The van der Waals surface area contributed by atoms with Gasteiger partial charge in [0.2, 0.25) is 15.9 Å². The van der Waals surface area contributed by atoms with Crippen LogP contribution in [0.25, 0.3) is 10.6 Å². The van der Waals surface area contributed by atoms with Crippen molar-refractivity contribution in [2.45, 2.75) is 23.8 Å². The normalized spacial score (nSPS) is 17.9. The van der Waals surface area contributed by atoms with E-state index < -0.39 is 34.5 Å². The molecule has 11 heteroatoms. The molecule has 0 saturated carbocycles. The zero-order chi connectivity index (χ0) is 19.6. The number of nitrogens with one attached hydrogen (secondary N) is 1. The first-order valence-electron chi connectivity index (χ1n) is 8.01. The second-order valence-electron chi connectivity index (χ2n) is 5.95. The molecule has 0 unspecified atom stereocenters. The summed E-state index contributed by atoms with van der Waals surface area (Å²) in [5.74, 6) is -1.68. The van der Waals surface area contributed by atoms with E-state index in [9.17, 15) is 18.0 Å². The number of hydrogen-bond donors (Lipinski definition) is 2. The summed E-state index contributed by atoms with van der Waals surface area (Å²) in [5, 5.41) is 8.85. The maximum Gasteiger partial charge on any atom is 0.323 e. The molecule has 1 amide bonds. The SMILES string of the molecule is O=C(O)CN1CCC[C@H](NS(=O)(=O)c2ccc(-c3ccc(Cl)s3)nc2)C1=O. The van der Waals surface area contributed by atoms with Crippen molar-refractivity contribution in [1.29, 1.82) is 0 Å². The van der Waals surface area contributed by atoms with E-state index in [1.165, 1.54) is 23.6 Å². The minimum Gasteiger partial charge on any atom is -0.480 e. The van der Waals surface area contributed by atoms with E-state index in [2.05, 4.69) is 9.71 Å². The fourth-order valence-corrected chi connectivity index (χ4v) is 4.95. The van der Waals surface area contributed by atoms with Crippen LogP contribution in [-0.2, 0) is 19.6 Å². The minimum absolute atomic E-state index is 0.0722. The van der Waals surface area contributed by atoms with E-state index in [1.54, 1.807) is 18.2 Å². The first-order chi connectivity index (χ1) is 12.8. The molecule has 3 heterocycles. The van der Waals surface area contributed by atoms with Gasteiger partial charge in [-0.3, -0.25) is 14.6 Å². The number of carboxylic acids is 1. The Morgan fingerprint density at radius 1 is 1.37 bits per heavy atom. The average molecular weight is 430 g/mol. The van der Waals surface area contributed by atoms with Gasteiger partial charge in [0, 0.05) is 12.7 Å². The van der Waals surface area contributed by atoms with Gasteiger partial charge >= 0.3 is 5.97 Å². The van der Waals surface area contributed by atoms with Crippen molar-refractivity contribution in [2.75, 3.05) is 13.1 Å². The number of hydrogen-bond acceptors (Lipinski definition) is 6. The standard InChI is InChI=1S/C16H16ClN3O5S2/c17-14-6-5-13(26-14)11-4-3-10(8-18-11)27(24,25)19-12-2-1-7-20(16(12)23)9-15(21)22/h3-6,8,12,19H,1-2,7,9H2,(H,21,22)/t12-/m0/s1. The zero-order valence-corrected chi connectivity index (χ0v) is 16.4. The lowest BCUT2D eigenvalue weighted by atomic mass is 10.1. The largest absolute Gasteiger partial charge is 0.480 e. The number of halogens is 1. The third-order valence-corrected chi connectivity index (χ3v) is 6.74. The van der Waals surface area contributed by atoms with Crippen LogP contribution in [0.3, 0.4) is 0 Å². The molecule has 1 fully saturated rings. The van der Waals surface area contributed by atoms with Gasteiger partial charge in [-0.25, -0.2) is 8.42 Å². The molecular weight excluding hydrogens is 414 g/mol. The second kappa shape index (κ2) is 7.93. The van der Waals surface area contributed by atoms with Gasteiger partial charge < -0.3 is 10.0 Å². The lowest BCUT2D eigenvalue weighted by Crippen LogP contribution is -2.53. The van der Waals surface area contributed by atoms with E-state index in [0.29, 0.717) is 29.4 Å². The van der Waals surface area contributed by atoms with Crippen LogP contribution < -0.4 is 4.72 Å². The monoisotopic (exact) mass is 429 g/mol. The van der Waals surface area contributed by atoms with E-state index in [4.69, 9.17) is 16.7 Å². The molecule has 2 N–H and O–H groups in total. The number of carboxylic acid groups (broad SMARTS) is 1. The Hall–Kier alpha value is -2.01. The van der Waals surface area contributed by atoms with Crippen LogP contribution in [0.2, 0.25) is 4.34 Å². The smallest absolute Gasteiger partial charge is 0.323 e. The third kappa shape index (κ3) is 4.64. The highest BCUT2D eigenvalue weighted by atomic mass is 35.5. The van der Waals surface area contributed by atoms with E-state index in [-0.39, 0.29) is 4.90 Å². The summed E-state index contributed by atoms with van der Waals surface area (Å²) in [5.41, 5.74) is 0.590. The highest BCUT2D eigenvalue weighted by Gasteiger charge is 2.33. The topological polar surface area (TPSA) is 117 Å². The van der Waals surface area contributed by atoms with Gasteiger partial charge in [0.25, 0.3) is 0 Å². The number of thiophene rings is 1. The van der Waals surface area contributed by atoms with Gasteiger partial charge in [-0.15, -0.1) is 11.3 Å². The molecule has 0 radical (unpaired) electrons. The summed E-state index contributed by atoms with van der Waals surface area (Å²) >= 11 is 7.22. The third-order valence-electron chi connectivity index (χ3n) is 4.03. The number of pyridine rings is 1. The van der Waals surface area contributed by atoms with Crippen LogP contribution in [0.4, 0.5) is 0 Å². The number of carbonyl (C=O) groups excluding carboxylic acids is 1. The Balaban J connectivity index is 1.74. The number of likely N-dealkylation sites (tertiary alicyclic amines) is 1. The molecular formula is C16H16ClN3O5S2. The first-order valence-corrected chi connectivity index (χ1v) is 10.7. The molecule has 0 spiro atoms. The van der Waals surface area contributed by atoms with Crippen LogP contribution in [0.15, 0.2) is 35.4 Å². The number of piperidine rings is 1. The second-order valence-corrected chi connectivity index (χ2v) is 9.38. The molecule has 2 aromatic rings. The van der Waals surface area contributed by atoms with Gasteiger partial charge in [-0.2, -0.15) is 4.72 Å². The fourth-order valence-electron chi connectivity index (χ4n) is 2.76. The molecule has 144 valence electrons. The quantitative estimate of drug-likeness (QED) is 0.723. The molecule has 1 aliphatic rings. The molecule has 8 nitrogen and oxygen atoms in total. The van der Waals surface area contributed by atoms with Crippen LogP contribution in [0, 0.1) is 0 Å². The summed E-state index contributed by atoms with van der Waals surface area (Å²) in [6, 6.07) is 5.50. The summed E-state index contributed by atoms with van der Waals surface area (Å²) in [6.07, 6.45) is 2.05. The predicted octanol–water partition coefficient (Wildman–Crippen LogP) is 1.82. The lowest BCUT2D eigenvalue weighted by molar-refractivity contribution is -0.146. The molecule has 1 atom stereocenters. The van der Waals surface area contributed by atoms with Crippen molar-refractivity contribution in [1.82, 2.24) is 14.6 Å². The molecule has 3 rings (SSSR count). The number of rotatable bonds is 6. The van der Waals surface area contributed by atoms with Crippen LogP contribution in [0.1, 0.15) is 12.8 Å². The summed E-state index contributed by atoms with van der Waals surface area (Å²) in [7, 11) is -3.97. The molecule has 0 aliphatic carbocycles. The number of sulfonamides is 1.